The van der Waals surface area contributed by atoms with Gasteiger partial charge in [0.05, 0.1) is 6.61 Å². The van der Waals surface area contributed by atoms with Gasteiger partial charge in [0.2, 0.25) is 0 Å². The Hall–Kier alpha value is -3.87. The summed E-state index contributed by atoms with van der Waals surface area (Å²) in [4.78, 5) is 0. The molecular weight excluding hydrogens is 637 g/mol. The summed E-state index contributed by atoms with van der Waals surface area (Å²) < 4.78 is 6.56. The molecular formula is C44H41OP3. The monoisotopic (exact) mass is 678 g/mol. The molecule has 0 saturated heterocycles. The lowest BCUT2D eigenvalue weighted by Gasteiger charge is -2.42. The molecule has 6 rings (SSSR count). The first-order valence-electron chi connectivity index (χ1n) is 16.4. The summed E-state index contributed by atoms with van der Waals surface area (Å²) in [6.45, 7) is 0.909. The van der Waals surface area contributed by atoms with Gasteiger partial charge in [0.1, 0.15) is 6.61 Å². The van der Waals surface area contributed by atoms with Crippen molar-refractivity contribution in [3.63, 3.8) is 0 Å². The van der Waals surface area contributed by atoms with E-state index < -0.39 is 23.8 Å². The molecule has 6 aromatic carbocycles. The summed E-state index contributed by atoms with van der Waals surface area (Å²) in [6.07, 6.45) is 8.84. The summed E-state index contributed by atoms with van der Waals surface area (Å²) in [7, 11) is -2.12. The first kappa shape index (κ1) is 34.0. The third kappa shape index (κ3) is 8.97. The number of hydrogen-bond donors (Lipinski definition) is 0. The summed E-state index contributed by atoms with van der Waals surface area (Å²) >= 11 is 0. The summed E-state index contributed by atoms with van der Waals surface area (Å²) in [5, 5.41) is 8.38. The lowest BCUT2D eigenvalue weighted by Crippen LogP contribution is -2.42. The molecule has 0 aliphatic carbocycles. The van der Waals surface area contributed by atoms with Crippen LogP contribution in [0.15, 0.2) is 182 Å². The van der Waals surface area contributed by atoms with Crippen molar-refractivity contribution in [2.24, 2.45) is 5.41 Å². The minimum Gasteiger partial charge on any atom is -0.368 e. The first-order valence-corrected chi connectivity index (χ1v) is 21.0. The van der Waals surface area contributed by atoms with Crippen LogP contribution in [0.25, 0.3) is 0 Å². The summed E-state index contributed by atoms with van der Waals surface area (Å²) in [5.74, 6) is 2.78. The van der Waals surface area contributed by atoms with Gasteiger partial charge in [-0.3, -0.25) is 0 Å². The Balaban J connectivity index is 1.55. The fourth-order valence-electron chi connectivity index (χ4n) is 6.26. The SMILES string of the molecule is C#CCOCC(CP(c1ccccc1)c1ccccc1)(CP(c1ccccc1)c1ccccc1)CP(c1ccccc1)c1ccccc1. The Morgan fingerprint density at radius 2 is 0.625 bits per heavy atom. The van der Waals surface area contributed by atoms with Crippen molar-refractivity contribution in [2.75, 3.05) is 31.7 Å². The van der Waals surface area contributed by atoms with E-state index in [1.54, 1.807) is 0 Å². The smallest absolute Gasteiger partial charge is 0.107 e. The normalized spacial score (nSPS) is 11.5. The Labute approximate surface area is 290 Å². The van der Waals surface area contributed by atoms with Gasteiger partial charge in [0.15, 0.2) is 0 Å². The second-order valence-electron chi connectivity index (χ2n) is 12.0. The topological polar surface area (TPSA) is 9.23 Å². The Morgan fingerprint density at radius 3 is 0.833 bits per heavy atom. The molecule has 0 unspecified atom stereocenters. The first-order chi connectivity index (χ1) is 23.7. The minimum absolute atomic E-state index is 0.191. The highest BCUT2D eigenvalue weighted by Crippen LogP contribution is 2.52. The molecule has 0 saturated carbocycles. The van der Waals surface area contributed by atoms with Crippen LogP contribution in [0.5, 0.6) is 0 Å². The predicted octanol–water partition coefficient (Wildman–Crippen LogP) is 8.02. The molecule has 238 valence electrons. The maximum absolute atomic E-state index is 6.56. The van der Waals surface area contributed by atoms with Crippen molar-refractivity contribution in [3.8, 4) is 12.3 Å². The van der Waals surface area contributed by atoms with Gasteiger partial charge in [-0.1, -0.05) is 188 Å². The second-order valence-corrected chi connectivity index (χ2v) is 18.6. The molecule has 0 spiro atoms. The zero-order chi connectivity index (χ0) is 32.9. The average molecular weight is 679 g/mol. The molecule has 0 fully saturated rings. The maximum atomic E-state index is 6.56. The third-order valence-electron chi connectivity index (χ3n) is 8.48. The molecule has 4 heteroatoms. The molecule has 0 aliphatic heterocycles. The number of hydrogen-bond acceptors (Lipinski definition) is 1. The van der Waals surface area contributed by atoms with Crippen LogP contribution in [0.3, 0.4) is 0 Å². The molecule has 0 atom stereocenters. The molecule has 0 amide bonds. The Kier molecular flexibility index (Phi) is 12.4. The fourth-order valence-corrected chi connectivity index (χ4v) is 14.9. The van der Waals surface area contributed by atoms with Gasteiger partial charge < -0.3 is 4.74 Å². The average Bonchev–Trinajstić information content (AvgIpc) is 3.17. The van der Waals surface area contributed by atoms with Crippen molar-refractivity contribution in [3.05, 3.63) is 182 Å². The second kappa shape index (κ2) is 17.5. The lowest BCUT2D eigenvalue weighted by molar-refractivity contribution is 0.101. The van der Waals surface area contributed by atoms with E-state index in [0.717, 1.165) is 18.5 Å². The van der Waals surface area contributed by atoms with Crippen LogP contribution in [0.4, 0.5) is 0 Å². The van der Waals surface area contributed by atoms with Gasteiger partial charge in [-0.05, 0) is 74.1 Å². The van der Waals surface area contributed by atoms with Gasteiger partial charge in [-0.15, -0.1) is 6.42 Å². The van der Waals surface area contributed by atoms with Crippen molar-refractivity contribution < 1.29 is 4.74 Å². The predicted molar refractivity (Wildman–Crippen MR) is 214 cm³/mol. The number of ether oxygens (including phenoxy) is 1. The highest BCUT2D eigenvalue weighted by Gasteiger charge is 2.40. The van der Waals surface area contributed by atoms with Gasteiger partial charge in [0, 0.05) is 5.41 Å². The molecule has 0 aromatic heterocycles. The van der Waals surface area contributed by atoms with Crippen LogP contribution in [0.1, 0.15) is 0 Å². The fraction of sp³-hybridized carbons (Fsp3) is 0.136. The van der Waals surface area contributed by atoms with Crippen molar-refractivity contribution in [1.82, 2.24) is 0 Å². The van der Waals surface area contributed by atoms with E-state index in [1.165, 1.54) is 31.8 Å². The van der Waals surface area contributed by atoms with E-state index in [1.807, 2.05) is 0 Å². The number of rotatable bonds is 15. The minimum atomic E-state index is -0.707. The Bertz CT molecular complexity index is 1500. The highest BCUT2D eigenvalue weighted by atomic mass is 31.1. The van der Waals surface area contributed by atoms with Gasteiger partial charge in [0.25, 0.3) is 0 Å². The van der Waals surface area contributed by atoms with E-state index in [9.17, 15) is 0 Å². The van der Waals surface area contributed by atoms with E-state index in [-0.39, 0.29) is 5.41 Å². The van der Waals surface area contributed by atoms with Crippen LogP contribution in [-0.4, -0.2) is 31.7 Å². The third-order valence-corrected chi connectivity index (χ3v) is 17.0. The molecule has 1 nitrogen and oxygen atoms in total. The van der Waals surface area contributed by atoms with Crippen LogP contribution in [0, 0.1) is 17.8 Å². The van der Waals surface area contributed by atoms with E-state index >= 15 is 0 Å². The van der Waals surface area contributed by atoms with Gasteiger partial charge in [-0.25, -0.2) is 0 Å². The standard InChI is InChI=1S/C44H41OP3/c1-2-33-45-34-44(35-46(38-21-9-3-10-22-38)39-23-11-4-12-24-39,36-47(40-25-13-5-14-26-40)41-27-15-6-16-28-41)37-48(42-29-17-7-18-30-42)43-31-19-8-20-32-43/h1,3-32H,33-37H2. The van der Waals surface area contributed by atoms with Crippen LogP contribution in [-0.2, 0) is 4.74 Å². The van der Waals surface area contributed by atoms with Crippen LogP contribution in [0.2, 0.25) is 0 Å². The van der Waals surface area contributed by atoms with Crippen molar-refractivity contribution in [2.45, 2.75) is 0 Å². The molecule has 0 heterocycles. The number of terminal acetylenes is 1. The zero-order valence-corrected chi connectivity index (χ0v) is 29.9. The molecule has 48 heavy (non-hydrogen) atoms. The molecule has 0 radical (unpaired) electrons. The summed E-state index contributed by atoms with van der Waals surface area (Å²) in [5.41, 5.74) is -0.191. The van der Waals surface area contributed by atoms with E-state index in [2.05, 4.69) is 188 Å². The highest BCUT2D eigenvalue weighted by molar-refractivity contribution is 7.75. The zero-order valence-electron chi connectivity index (χ0n) is 27.2. The van der Waals surface area contributed by atoms with E-state index in [4.69, 9.17) is 11.2 Å². The number of benzene rings is 6. The quantitative estimate of drug-likeness (QED) is 0.0608. The van der Waals surface area contributed by atoms with Crippen molar-refractivity contribution in [1.29, 1.82) is 0 Å². The molecule has 0 aliphatic rings. The van der Waals surface area contributed by atoms with E-state index in [0.29, 0.717) is 13.2 Å². The van der Waals surface area contributed by atoms with Crippen molar-refractivity contribution >= 4 is 55.6 Å². The molecule has 0 bridgehead atoms. The van der Waals surface area contributed by atoms with Gasteiger partial charge in [-0.2, -0.15) is 0 Å². The van der Waals surface area contributed by atoms with Crippen LogP contribution >= 0.6 is 23.8 Å². The van der Waals surface area contributed by atoms with Crippen LogP contribution < -0.4 is 31.8 Å². The summed E-state index contributed by atoms with van der Waals surface area (Å²) in [6, 6.07) is 66.8. The Morgan fingerprint density at radius 1 is 0.396 bits per heavy atom. The van der Waals surface area contributed by atoms with Gasteiger partial charge >= 0.3 is 0 Å². The maximum Gasteiger partial charge on any atom is 0.107 e. The molecule has 6 aromatic rings. The largest absolute Gasteiger partial charge is 0.368 e. The lowest BCUT2D eigenvalue weighted by atomic mass is 9.97. The molecule has 0 N–H and O–H groups in total.